The molecule has 1 heteroatoms. The van der Waals surface area contributed by atoms with Crippen molar-refractivity contribution in [2.45, 2.75) is 19.8 Å². The number of fused-ring (bicyclic) bond motifs is 1. The first kappa shape index (κ1) is 4.54. The van der Waals surface area contributed by atoms with E-state index in [1.165, 1.54) is 6.42 Å². The van der Waals surface area contributed by atoms with Crippen molar-refractivity contribution >= 4 is 5.78 Å². The maximum atomic E-state index is 10.8. The molecule has 0 N–H and O–H groups in total. The quantitative estimate of drug-likeness (QED) is 0.458. The highest BCUT2D eigenvalue weighted by atomic mass is 16.1. The summed E-state index contributed by atoms with van der Waals surface area (Å²) in [5.74, 6) is 2.54. The van der Waals surface area contributed by atoms with Crippen LogP contribution in [-0.2, 0) is 4.79 Å². The van der Waals surface area contributed by atoms with Gasteiger partial charge < -0.3 is 0 Å². The average Bonchev–Trinajstić information content (AvgIpc) is 2.19. The molecular formula is C7H10O. The number of rotatable bonds is 0. The Kier molecular flexibility index (Phi) is 0.651. The Morgan fingerprint density at radius 2 is 2.38 bits per heavy atom. The topological polar surface area (TPSA) is 17.1 Å². The molecular weight excluding hydrogens is 100 g/mol. The molecule has 3 aliphatic carbocycles. The van der Waals surface area contributed by atoms with E-state index in [0.717, 1.165) is 18.3 Å². The van der Waals surface area contributed by atoms with Gasteiger partial charge in [-0.25, -0.2) is 0 Å². The van der Waals surface area contributed by atoms with E-state index in [9.17, 15) is 4.79 Å². The average molecular weight is 110 g/mol. The summed E-state index contributed by atoms with van der Waals surface area (Å²) in [7, 11) is 0. The molecule has 0 heterocycles. The molecule has 0 saturated heterocycles. The zero-order valence-electron chi connectivity index (χ0n) is 5.05. The van der Waals surface area contributed by atoms with Crippen LogP contribution in [0.15, 0.2) is 0 Å². The van der Waals surface area contributed by atoms with Crippen LogP contribution in [0.25, 0.3) is 0 Å². The summed E-state index contributed by atoms with van der Waals surface area (Å²) in [6.45, 7) is 2.20. The molecule has 44 valence electrons. The minimum Gasteiger partial charge on any atom is -0.299 e. The zero-order valence-corrected chi connectivity index (χ0v) is 5.05. The fraction of sp³-hybridized carbons (Fsp3) is 0.857. The van der Waals surface area contributed by atoms with Crippen LogP contribution in [-0.4, -0.2) is 5.78 Å². The van der Waals surface area contributed by atoms with Gasteiger partial charge in [0, 0.05) is 12.3 Å². The Morgan fingerprint density at radius 1 is 1.62 bits per heavy atom. The lowest BCUT2D eigenvalue weighted by Crippen LogP contribution is -2.26. The minimum absolute atomic E-state index is 0.486. The van der Waals surface area contributed by atoms with Crippen LogP contribution < -0.4 is 0 Å². The third kappa shape index (κ3) is 0.320. The van der Waals surface area contributed by atoms with E-state index in [-0.39, 0.29) is 0 Å². The summed E-state index contributed by atoms with van der Waals surface area (Å²) in [6.07, 6.45) is 2.10. The fourth-order valence-corrected chi connectivity index (χ4v) is 1.99. The van der Waals surface area contributed by atoms with Gasteiger partial charge in [-0.15, -0.1) is 0 Å². The smallest absolute Gasteiger partial charge is 0.136 e. The Labute approximate surface area is 49.1 Å². The fourth-order valence-electron chi connectivity index (χ4n) is 1.99. The highest BCUT2D eigenvalue weighted by molar-refractivity contribution is 5.86. The van der Waals surface area contributed by atoms with E-state index in [1.54, 1.807) is 0 Å². The summed E-state index contributed by atoms with van der Waals surface area (Å²) in [4.78, 5) is 10.8. The van der Waals surface area contributed by atoms with Crippen molar-refractivity contribution in [3.63, 3.8) is 0 Å². The molecule has 0 aromatic carbocycles. The first-order chi connectivity index (χ1) is 3.79. The highest BCUT2D eigenvalue weighted by Crippen LogP contribution is 2.50. The molecule has 0 aromatic heterocycles. The molecule has 3 atom stereocenters. The zero-order chi connectivity index (χ0) is 5.72. The summed E-state index contributed by atoms with van der Waals surface area (Å²) in [5.41, 5.74) is 0. The lowest BCUT2D eigenvalue weighted by atomic mass is 9.74. The van der Waals surface area contributed by atoms with E-state index in [4.69, 9.17) is 0 Å². The Balaban J connectivity index is 2.24. The van der Waals surface area contributed by atoms with Crippen molar-refractivity contribution < 1.29 is 4.79 Å². The number of carbonyl (C=O) groups is 1. The summed E-state index contributed by atoms with van der Waals surface area (Å²) in [5, 5.41) is 0. The SMILES string of the molecule is C[C@H]1[C@@H]2CC(=O)[C@H]1C2. The maximum Gasteiger partial charge on any atom is 0.136 e. The van der Waals surface area contributed by atoms with Gasteiger partial charge in [0.25, 0.3) is 0 Å². The lowest BCUT2D eigenvalue weighted by molar-refractivity contribution is -0.120. The van der Waals surface area contributed by atoms with Crippen molar-refractivity contribution in [1.82, 2.24) is 0 Å². The van der Waals surface area contributed by atoms with Gasteiger partial charge in [0.05, 0.1) is 0 Å². The first-order valence-electron chi connectivity index (χ1n) is 3.32. The number of ketones is 1. The van der Waals surface area contributed by atoms with Gasteiger partial charge in [-0.05, 0) is 18.3 Å². The van der Waals surface area contributed by atoms with Crippen LogP contribution in [0.1, 0.15) is 19.8 Å². The first-order valence-corrected chi connectivity index (χ1v) is 3.32. The summed E-state index contributed by atoms with van der Waals surface area (Å²) < 4.78 is 0. The second-order valence-electron chi connectivity index (χ2n) is 3.13. The van der Waals surface area contributed by atoms with Crippen molar-refractivity contribution in [2.75, 3.05) is 0 Å². The standard InChI is InChI=1S/C7H10O/c1-4-5-2-6(4)7(8)3-5/h4-6H,2-3H2,1H3/t4-,5-,6-/m0/s1. The molecule has 0 aliphatic heterocycles. The maximum absolute atomic E-state index is 10.8. The van der Waals surface area contributed by atoms with Crippen molar-refractivity contribution in [1.29, 1.82) is 0 Å². The predicted molar refractivity (Wildman–Crippen MR) is 30.4 cm³/mol. The van der Waals surface area contributed by atoms with Gasteiger partial charge in [0.1, 0.15) is 5.78 Å². The minimum atomic E-state index is 0.486. The Hall–Kier alpha value is -0.330. The van der Waals surface area contributed by atoms with E-state index in [2.05, 4.69) is 6.92 Å². The molecule has 3 fully saturated rings. The van der Waals surface area contributed by atoms with Gasteiger partial charge in [-0.1, -0.05) is 6.92 Å². The van der Waals surface area contributed by atoms with Gasteiger partial charge in [0.2, 0.25) is 0 Å². The third-order valence-corrected chi connectivity index (χ3v) is 2.81. The number of Topliss-reactive ketones (excluding diaryl/α,β-unsaturated/α-hetero) is 1. The molecule has 3 saturated carbocycles. The van der Waals surface area contributed by atoms with E-state index in [0.29, 0.717) is 11.7 Å². The van der Waals surface area contributed by atoms with Gasteiger partial charge >= 0.3 is 0 Å². The molecule has 1 nitrogen and oxygen atoms in total. The molecule has 2 bridgehead atoms. The monoisotopic (exact) mass is 110 g/mol. The summed E-state index contributed by atoms with van der Waals surface area (Å²) in [6, 6.07) is 0. The van der Waals surface area contributed by atoms with Crippen LogP contribution in [0.4, 0.5) is 0 Å². The van der Waals surface area contributed by atoms with Crippen LogP contribution in [0.5, 0.6) is 0 Å². The molecule has 0 radical (unpaired) electrons. The largest absolute Gasteiger partial charge is 0.299 e. The third-order valence-electron chi connectivity index (χ3n) is 2.81. The van der Waals surface area contributed by atoms with Crippen molar-refractivity contribution in [3.05, 3.63) is 0 Å². The van der Waals surface area contributed by atoms with E-state index in [1.807, 2.05) is 0 Å². The number of carbonyl (C=O) groups excluding carboxylic acids is 1. The second-order valence-corrected chi connectivity index (χ2v) is 3.13. The normalized spacial score (nSPS) is 51.6. The van der Waals surface area contributed by atoms with Crippen LogP contribution >= 0.6 is 0 Å². The van der Waals surface area contributed by atoms with Crippen LogP contribution in [0.3, 0.4) is 0 Å². The molecule has 8 heavy (non-hydrogen) atoms. The van der Waals surface area contributed by atoms with E-state index >= 15 is 0 Å². The molecule has 0 spiro atoms. The lowest BCUT2D eigenvalue weighted by Gasteiger charge is -2.30. The van der Waals surface area contributed by atoms with Crippen LogP contribution in [0, 0.1) is 17.8 Å². The highest BCUT2D eigenvalue weighted by Gasteiger charge is 2.49. The van der Waals surface area contributed by atoms with E-state index < -0.39 is 0 Å². The van der Waals surface area contributed by atoms with Crippen LogP contribution in [0.2, 0.25) is 0 Å². The predicted octanol–water partition coefficient (Wildman–Crippen LogP) is 1.23. The molecule has 3 aliphatic rings. The molecule has 0 aromatic rings. The van der Waals surface area contributed by atoms with Crippen molar-refractivity contribution in [3.8, 4) is 0 Å². The summed E-state index contributed by atoms with van der Waals surface area (Å²) >= 11 is 0. The number of hydrogen-bond acceptors (Lipinski definition) is 1. The van der Waals surface area contributed by atoms with Gasteiger partial charge in [0.15, 0.2) is 0 Å². The molecule has 0 unspecified atom stereocenters. The second kappa shape index (κ2) is 1.15. The Morgan fingerprint density at radius 3 is 2.50 bits per heavy atom. The van der Waals surface area contributed by atoms with Crippen molar-refractivity contribution in [2.24, 2.45) is 17.8 Å². The Bertz CT molecular complexity index is 139. The molecule has 3 rings (SSSR count). The number of hydrogen-bond donors (Lipinski definition) is 0. The molecule has 0 amide bonds. The van der Waals surface area contributed by atoms with Gasteiger partial charge in [-0.2, -0.15) is 0 Å². The van der Waals surface area contributed by atoms with Gasteiger partial charge in [-0.3, -0.25) is 4.79 Å².